The number of hydrogen-bond donors (Lipinski definition) is 1. The standard InChI is InChI=1S/C12H17F3N2O/c13-12(14,15)11(1-2-11)16-5-9-3-10(4-9)6-17(7-10)8-18/h8-9,16H,1-7H2. The first-order valence-corrected chi connectivity index (χ1v) is 6.39. The molecule has 3 nitrogen and oxygen atoms in total. The number of rotatable bonds is 4. The van der Waals surface area contributed by atoms with Crippen molar-refractivity contribution in [1.82, 2.24) is 10.2 Å². The van der Waals surface area contributed by atoms with Crippen molar-refractivity contribution in [2.45, 2.75) is 37.4 Å². The second kappa shape index (κ2) is 3.62. The van der Waals surface area contributed by atoms with Gasteiger partial charge in [0.1, 0.15) is 5.54 Å². The van der Waals surface area contributed by atoms with Gasteiger partial charge >= 0.3 is 6.18 Å². The zero-order chi connectivity index (χ0) is 13.0. The normalized spacial score (nSPS) is 28.7. The lowest BCUT2D eigenvalue weighted by Crippen LogP contribution is -2.63. The van der Waals surface area contributed by atoms with E-state index in [9.17, 15) is 18.0 Å². The fraction of sp³-hybridized carbons (Fsp3) is 0.917. The molecule has 1 saturated heterocycles. The van der Waals surface area contributed by atoms with Gasteiger partial charge in [-0.1, -0.05) is 0 Å². The summed E-state index contributed by atoms with van der Waals surface area (Å²) in [7, 11) is 0. The van der Waals surface area contributed by atoms with Crippen LogP contribution in [0.25, 0.3) is 0 Å². The van der Waals surface area contributed by atoms with Crippen molar-refractivity contribution in [3.05, 3.63) is 0 Å². The van der Waals surface area contributed by atoms with Crippen molar-refractivity contribution in [2.75, 3.05) is 19.6 Å². The van der Waals surface area contributed by atoms with Crippen molar-refractivity contribution < 1.29 is 18.0 Å². The molecule has 0 atom stereocenters. The zero-order valence-corrected chi connectivity index (χ0v) is 10.1. The first kappa shape index (κ1) is 12.3. The number of nitrogens with zero attached hydrogens (tertiary/aromatic N) is 1. The van der Waals surface area contributed by atoms with Gasteiger partial charge in [-0.15, -0.1) is 0 Å². The third kappa shape index (κ3) is 1.81. The Morgan fingerprint density at radius 1 is 1.28 bits per heavy atom. The maximum absolute atomic E-state index is 12.7. The Hall–Kier alpha value is -0.780. The monoisotopic (exact) mass is 262 g/mol. The number of likely N-dealkylation sites (tertiary alicyclic amines) is 1. The fourth-order valence-electron chi connectivity index (χ4n) is 3.48. The van der Waals surface area contributed by atoms with Crippen molar-refractivity contribution in [1.29, 1.82) is 0 Å². The smallest absolute Gasteiger partial charge is 0.344 e. The fourth-order valence-corrected chi connectivity index (χ4v) is 3.48. The average Bonchev–Trinajstić information content (AvgIpc) is 2.93. The Morgan fingerprint density at radius 2 is 1.89 bits per heavy atom. The molecule has 18 heavy (non-hydrogen) atoms. The SMILES string of the molecule is O=CN1CC2(CC(CNC3(C(F)(F)F)CC3)C2)C1. The molecule has 0 radical (unpaired) electrons. The molecule has 3 aliphatic rings. The van der Waals surface area contributed by atoms with Crippen LogP contribution in [0.4, 0.5) is 13.2 Å². The Morgan fingerprint density at radius 3 is 2.33 bits per heavy atom. The van der Waals surface area contributed by atoms with E-state index in [1.165, 1.54) is 0 Å². The minimum absolute atomic E-state index is 0.216. The number of hydrogen-bond acceptors (Lipinski definition) is 2. The lowest BCUT2D eigenvalue weighted by Gasteiger charge is -2.58. The number of nitrogens with one attached hydrogen (secondary N) is 1. The van der Waals surface area contributed by atoms with E-state index in [0.717, 1.165) is 32.3 Å². The second-order valence-electron chi connectivity index (χ2n) is 6.25. The van der Waals surface area contributed by atoms with E-state index in [2.05, 4.69) is 5.32 Å². The Kier molecular flexibility index (Phi) is 2.47. The highest BCUT2D eigenvalue weighted by Gasteiger charge is 2.63. The summed E-state index contributed by atoms with van der Waals surface area (Å²) in [6, 6.07) is 0. The number of halogens is 3. The molecule has 3 rings (SSSR count). The van der Waals surface area contributed by atoms with Gasteiger partial charge < -0.3 is 10.2 Å². The molecule has 3 fully saturated rings. The second-order valence-corrected chi connectivity index (χ2v) is 6.25. The van der Waals surface area contributed by atoms with Crippen LogP contribution in [0.2, 0.25) is 0 Å². The first-order chi connectivity index (χ1) is 8.38. The Balaban J connectivity index is 1.41. The molecule has 0 bridgehead atoms. The van der Waals surface area contributed by atoms with Gasteiger partial charge in [0.05, 0.1) is 0 Å². The van der Waals surface area contributed by atoms with Crippen LogP contribution in [-0.2, 0) is 4.79 Å². The zero-order valence-electron chi connectivity index (χ0n) is 10.1. The molecule has 2 aliphatic carbocycles. The Labute approximate surface area is 104 Å². The van der Waals surface area contributed by atoms with Gasteiger partial charge in [0.2, 0.25) is 6.41 Å². The maximum atomic E-state index is 12.7. The highest BCUT2D eigenvalue weighted by atomic mass is 19.4. The van der Waals surface area contributed by atoms with Crippen molar-refractivity contribution in [3.63, 3.8) is 0 Å². The van der Waals surface area contributed by atoms with E-state index in [1.807, 2.05) is 0 Å². The lowest BCUT2D eigenvalue weighted by atomic mass is 9.58. The molecular weight excluding hydrogens is 245 g/mol. The largest absolute Gasteiger partial charge is 0.406 e. The highest BCUT2D eigenvalue weighted by Crippen LogP contribution is 2.53. The van der Waals surface area contributed by atoms with Gasteiger partial charge in [-0.3, -0.25) is 4.79 Å². The molecule has 1 amide bonds. The van der Waals surface area contributed by atoms with Crippen LogP contribution in [0.1, 0.15) is 25.7 Å². The molecule has 0 unspecified atom stereocenters. The van der Waals surface area contributed by atoms with Gasteiger partial charge in [-0.25, -0.2) is 0 Å². The van der Waals surface area contributed by atoms with Gasteiger partial charge in [0, 0.05) is 18.5 Å². The molecule has 1 aliphatic heterocycles. The van der Waals surface area contributed by atoms with Crippen LogP contribution in [0.15, 0.2) is 0 Å². The topological polar surface area (TPSA) is 32.3 Å². The summed E-state index contributed by atoms with van der Waals surface area (Å²) in [6.45, 7) is 2.04. The van der Waals surface area contributed by atoms with E-state index in [-0.39, 0.29) is 18.3 Å². The van der Waals surface area contributed by atoms with Crippen LogP contribution in [0, 0.1) is 11.3 Å². The summed E-state index contributed by atoms with van der Waals surface area (Å²) in [5.74, 6) is 0.346. The summed E-state index contributed by atoms with van der Waals surface area (Å²) in [6.07, 6.45) is -0.921. The van der Waals surface area contributed by atoms with Gasteiger partial charge in [-0.05, 0) is 38.1 Å². The molecule has 2 saturated carbocycles. The first-order valence-electron chi connectivity index (χ1n) is 6.39. The molecule has 1 heterocycles. The minimum atomic E-state index is -4.11. The van der Waals surface area contributed by atoms with Crippen LogP contribution >= 0.6 is 0 Å². The van der Waals surface area contributed by atoms with Crippen LogP contribution in [0.3, 0.4) is 0 Å². The molecule has 0 aromatic heterocycles. The van der Waals surface area contributed by atoms with Crippen LogP contribution in [-0.4, -0.2) is 42.7 Å². The summed E-state index contributed by atoms with van der Waals surface area (Å²) in [5, 5.41) is 2.72. The quantitative estimate of drug-likeness (QED) is 0.779. The third-order valence-electron chi connectivity index (χ3n) is 4.69. The molecule has 6 heteroatoms. The predicted octanol–water partition coefficient (Wildman–Crippen LogP) is 1.54. The van der Waals surface area contributed by atoms with Crippen molar-refractivity contribution >= 4 is 6.41 Å². The van der Waals surface area contributed by atoms with Gasteiger partial charge in [0.25, 0.3) is 0 Å². The number of carbonyl (C=O) groups excluding carboxylic acids is 1. The minimum Gasteiger partial charge on any atom is -0.344 e. The molecular formula is C12H17F3N2O. The lowest BCUT2D eigenvalue weighted by molar-refractivity contribution is -0.169. The number of alkyl halides is 3. The van der Waals surface area contributed by atoms with E-state index in [1.54, 1.807) is 4.90 Å². The molecule has 0 aromatic rings. The summed E-state index contributed by atoms with van der Waals surface area (Å²) in [4.78, 5) is 12.2. The van der Waals surface area contributed by atoms with Crippen LogP contribution in [0.5, 0.6) is 0 Å². The van der Waals surface area contributed by atoms with E-state index in [4.69, 9.17) is 0 Å². The van der Waals surface area contributed by atoms with Crippen molar-refractivity contribution in [3.8, 4) is 0 Å². The molecule has 1 N–H and O–H groups in total. The van der Waals surface area contributed by atoms with Crippen molar-refractivity contribution in [2.24, 2.45) is 11.3 Å². The third-order valence-corrected chi connectivity index (χ3v) is 4.69. The van der Waals surface area contributed by atoms with E-state index >= 15 is 0 Å². The summed E-state index contributed by atoms with van der Waals surface area (Å²) < 4.78 is 38.1. The Bertz CT molecular complexity index is 351. The predicted molar refractivity (Wildman–Crippen MR) is 58.8 cm³/mol. The molecule has 1 spiro atoms. The van der Waals surface area contributed by atoms with Gasteiger partial charge in [-0.2, -0.15) is 13.2 Å². The summed E-state index contributed by atoms with van der Waals surface area (Å²) >= 11 is 0. The molecule has 0 aromatic carbocycles. The number of carbonyl (C=O) groups is 1. The number of amides is 1. The van der Waals surface area contributed by atoms with Gasteiger partial charge in [0.15, 0.2) is 0 Å². The molecule has 102 valence electrons. The maximum Gasteiger partial charge on any atom is 0.406 e. The van der Waals surface area contributed by atoms with E-state index < -0.39 is 11.7 Å². The average molecular weight is 262 g/mol. The highest BCUT2D eigenvalue weighted by molar-refractivity contribution is 5.49. The van der Waals surface area contributed by atoms with Crippen LogP contribution < -0.4 is 5.32 Å². The van der Waals surface area contributed by atoms with E-state index in [0.29, 0.717) is 12.5 Å². The summed E-state index contributed by atoms with van der Waals surface area (Å²) in [5.41, 5.74) is -1.34.